The number of hydrogen-bond donors (Lipinski definition) is 1. The Balaban J connectivity index is 1.91. The van der Waals surface area contributed by atoms with E-state index in [1.54, 1.807) is 11.3 Å². The molecule has 0 unspecified atom stereocenters. The first-order valence-electron chi connectivity index (χ1n) is 5.96. The van der Waals surface area contributed by atoms with E-state index in [4.69, 9.17) is 4.74 Å². The summed E-state index contributed by atoms with van der Waals surface area (Å²) < 4.78 is 5.60. The highest BCUT2D eigenvalue weighted by Crippen LogP contribution is 2.12. The van der Waals surface area contributed by atoms with Gasteiger partial charge in [0.05, 0.1) is 17.8 Å². The van der Waals surface area contributed by atoms with Gasteiger partial charge in [0, 0.05) is 17.9 Å². The zero-order chi connectivity index (χ0) is 11.6. The van der Waals surface area contributed by atoms with Gasteiger partial charge in [0.25, 0.3) is 0 Å². The molecule has 0 amide bonds. The molecule has 0 atom stereocenters. The van der Waals surface area contributed by atoms with Gasteiger partial charge in [0.1, 0.15) is 0 Å². The van der Waals surface area contributed by atoms with Crippen LogP contribution in [-0.2, 0) is 11.2 Å². The third kappa shape index (κ3) is 5.58. The molecule has 1 N–H and O–H groups in total. The van der Waals surface area contributed by atoms with Crippen molar-refractivity contribution < 1.29 is 4.74 Å². The van der Waals surface area contributed by atoms with Gasteiger partial charge in [-0.3, -0.25) is 0 Å². The maximum Gasteiger partial charge on any atom is 0.0797 e. The van der Waals surface area contributed by atoms with Gasteiger partial charge in [-0.15, -0.1) is 11.3 Å². The van der Waals surface area contributed by atoms with Crippen molar-refractivity contribution in [3.8, 4) is 0 Å². The summed E-state index contributed by atoms with van der Waals surface area (Å²) in [4.78, 5) is 5.58. The van der Waals surface area contributed by atoms with Crippen LogP contribution < -0.4 is 5.32 Å². The van der Waals surface area contributed by atoms with Crippen LogP contribution in [-0.4, -0.2) is 31.8 Å². The molecule has 0 aliphatic heterocycles. The second-order valence-corrected chi connectivity index (χ2v) is 4.83. The molecule has 16 heavy (non-hydrogen) atoms. The summed E-state index contributed by atoms with van der Waals surface area (Å²) in [5.74, 6) is 0. The number of hydrogen-bond acceptors (Lipinski definition) is 4. The van der Waals surface area contributed by atoms with Gasteiger partial charge >= 0.3 is 0 Å². The molecular formula is C12H22N2OS. The Kier molecular flexibility index (Phi) is 7.38. The normalized spacial score (nSPS) is 10.9. The minimum atomic E-state index is 0.828. The molecule has 3 nitrogen and oxygen atoms in total. The topological polar surface area (TPSA) is 34.1 Å². The summed E-state index contributed by atoms with van der Waals surface area (Å²) in [6.07, 6.45) is 4.67. The van der Waals surface area contributed by atoms with Crippen molar-refractivity contribution in [2.24, 2.45) is 0 Å². The number of thiazole rings is 1. The zero-order valence-corrected chi connectivity index (χ0v) is 11.1. The highest BCUT2D eigenvalue weighted by molar-refractivity contribution is 7.09. The van der Waals surface area contributed by atoms with Crippen LogP contribution in [0.5, 0.6) is 0 Å². The van der Waals surface area contributed by atoms with Gasteiger partial charge in [-0.05, 0) is 39.8 Å². The molecule has 4 heteroatoms. The van der Waals surface area contributed by atoms with Gasteiger partial charge in [-0.25, -0.2) is 4.98 Å². The van der Waals surface area contributed by atoms with Crippen LogP contribution in [0.4, 0.5) is 0 Å². The van der Waals surface area contributed by atoms with Crippen molar-refractivity contribution in [1.82, 2.24) is 10.3 Å². The van der Waals surface area contributed by atoms with E-state index in [1.165, 1.54) is 24.1 Å². The number of aromatic nitrogens is 1. The fourth-order valence-electron chi connectivity index (χ4n) is 1.52. The third-order valence-corrected chi connectivity index (χ3v) is 3.53. The lowest BCUT2D eigenvalue weighted by atomic mass is 10.2. The van der Waals surface area contributed by atoms with E-state index < -0.39 is 0 Å². The van der Waals surface area contributed by atoms with Crippen molar-refractivity contribution >= 4 is 11.3 Å². The van der Waals surface area contributed by atoms with Crippen LogP contribution in [0.3, 0.4) is 0 Å². The van der Waals surface area contributed by atoms with Crippen LogP contribution in [0.25, 0.3) is 0 Å². The molecule has 0 fully saturated rings. The smallest absolute Gasteiger partial charge is 0.0797 e. The molecule has 0 spiro atoms. The summed E-state index contributed by atoms with van der Waals surface area (Å²) in [7, 11) is 1.99. The number of nitrogens with zero attached hydrogens (tertiary/aromatic N) is 1. The van der Waals surface area contributed by atoms with Crippen LogP contribution in [0.1, 0.15) is 29.8 Å². The van der Waals surface area contributed by atoms with Gasteiger partial charge in [0.15, 0.2) is 0 Å². The monoisotopic (exact) mass is 242 g/mol. The van der Waals surface area contributed by atoms with E-state index >= 15 is 0 Å². The fraction of sp³-hybridized carbons (Fsp3) is 0.750. The van der Waals surface area contributed by atoms with Crippen molar-refractivity contribution in [2.45, 2.75) is 32.6 Å². The average Bonchev–Trinajstić information content (AvgIpc) is 2.68. The standard InChI is InChI=1S/C12H22N2OS/c1-11-12(16-10-14-11)6-9-15-8-5-3-4-7-13-2/h10,13H,3-9H2,1-2H3. The van der Waals surface area contributed by atoms with E-state index in [0.29, 0.717) is 0 Å². The van der Waals surface area contributed by atoms with Crippen LogP contribution in [0.2, 0.25) is 0 Å². The lowest BCUT2D eigenvalue weighted by Gasteiger charge is -2.03. The van der Waals surface area contributed by atoms with Crippen LogP contribution in [0.15, 0.2) is 5.51 Å². The van der Waals surface area contributed by atoms with E-state index in [-0.39, 0.29) is 0 Å². The molecule has 1 aromatic heterocycles. The maximum atomic E-state index is 5.60. The Bertz CT molecular complexity index is 276. The Hall–Kier alpha value is -0.450. The minimum absolute atomic E-state index is 0.828. The summed E-state index contributed by atoms with van der Waals surface area (Å²) in [6, 6.07) is 0. The van der Waals surface area contributed by atoms with Crippen molar-refractivity contribution in [3.05, 3.63) is 16.1 Å². The lowest BCUT2D eigenvalue weighted by molar-refractivity contribution is 0.133. The second kappa shape index (κ2) is 8.67. The number of rotatable bonds is 9. The van der Waals surface area contributed by atoms with Gasteiger partial charge < -0.3 is 10.1 Å². The summed E-state index contributed by atoms with van der Waals surface area (Å²) in [6.45, 7) is 4.89. The zero-order valence-electron chi connectivity index (χ0n) is 10.3. The predicted molar refractivity (Wildman–Crippen MR) is 69.2 cm³/mol. The molecule has 0 aliphatic rings. The quantitative estimate of drug-likeness (QED) is 0.675. The van der Waals surface area contributed by atoms with Gasteiger partial charge in [-0.2, -0.15) is 0 Å². The predicted octanol–water partition coefficient (Wildman–Crippen LogP) is 2.40. The Morgan fingerprint density at radius 3 is 2.88 bits per heavy atom. The first-order valence-corrected chi connectivity index (χ1v) is 6.84. The van der Waals surface area contributed by atoms with Crippen LogP contribution in [0, 0.1) is 6.92 Å². The maximum absolute atomic E-state index is 5.60. The Morgan fingerprint density at radius 1 is 1.31 bits per heavy atom. The van der Waals surface area contributed by atoms with Gasteiger partial charge in [0.2, 0.25) is 0 Å². The molecule has 0 radical (unpaired) electrons. The Labute approximate surface area is 102 Å². The second-order valence-electron chi connectivity index (χ2n) is 3.89. The summed E-state index contributed by atoms with van der Waals surface area (Å²) in [5, 5.41) is 3.15. The molecule has 1 aromatic rings. The molecule has 0 saturated carbocycles. The first kappa shape index (κ1) is 13.6. The van der Waals surface area contributed by atoms with Crippen molar-refractivity contribution in [2.75, 3.05) is 26.8 Å². The average molecular weight is 242 g/mol. The highest BCUT2D eigenvalue weighted by Gasteiger charge is 2.00. The van der Waals surface area contributed by atoms with E-state index in [1.807, 2.05) is 12.6 Å². The van der Waals surface area contributed by atoms with Crippen molar-refractivity contribution in [3.63, 3.8) is 0 Å². The molecule has 1 rings (SSSR count). The minimum Gasteiger partial charge on any atom is -0.381 e. The van der Waals surface area contributed by atoms with Crippen LogP contribution >= 0.6 is 11.3 Å². The number of aryl methyl sites for hydroxylation is 1. The third-order valence-electron chi connectivity index (χ3n) is 2.53. The molecule has 0 aliphatic carbocycles. The van der Waals surface area contributed by atoms with Gasteiger partial charge in [-0.1, -0.05) is 0 Å². The summed E-state index contributed by atoms with van der Waals surface area (Å²) in [5.41, 5.74) is 3.06. The number of ether oxygens (including phenoxy) is 1. The molecule has 0 saturated heterocycles. The fourth-order valence-corrected chi connectivity index (χ4v) is 2.28. The van der Waals surface area contributed by atoms with E-state index in [0.717, 1.165) is 31.9 Å². The molecular weight excluding hydrogens is 220 g/mol. The van der Waals surface area contributed by atoms with E-state index in [2.05, 4.69) is 17.2 Å². The largest absolute Gasteiger partial charge is 0.381 e. The first-order chi connectivity index (χ1) is 7.84. The SMILES string of the molecule is CNCCCCCOCCc1scnc1C. The highest BCUT2D eigenvalue weighted by atomic mass is 32.1. The van der Waals surface area contributed by atoms with Crippen molar-refractivity contribution in [1.29, 1.82) is 0 Å². The molecule has 0 bridgehead atoms. The molecule has 1 heterocycles. The number of nitrogens with one attached hydrogen (secondary N) is 1. The lowest BCUT2D eigenvalue weighted by Crippen LogP contribution is -2.07. The number of unbranched alkanes of at least 4 members (excludes halogenated alkanes) is 2. The van der Waals surface area contributed by atoms with E-state index in [9.17, 15) is 0 Å². The molecule has 92 valence electrons. The molecule has 0 aromatic carbocycles. The Morgan fingerprint density at radius 2 is 2.19 bits per heavy atom. The summed E-state index contributed by atoms with van der Waals surface area (Å²) >= 11 is 1.73.